The fraction of sp³-hybridized carbons (Fsp3) is 0.185. The molecule has 0 fully saturated rings. The Bertz CT molecular complexity index is 1210. The van der Waals surface area contributed by atoms with E-state index in [0.717, 1.165) is 16.9 Å². The molecule has 7 heteroatoms. The van der Waals surface area contributed by atoms with Gasteiger partial charge in [0.2, 0.25) is 0 Å². The zero-order valence-corrected chi connectivity index (χ0v) is 19.4. The van der Waals surface area contributed by atoms with Crippen molar-refractivity contribution in [1.82, 2.24) is 14.9 Å². The molecule has 3 aromatic carbocycles. The Balaban J connectivity index is 1.54. The van der Waals surface area contributed by atoms with Crippen molar-refractivity contribution in [3.05, 3.63) is 108 Å². The molecule has 4 rings (SSSR count). The first kappa shape index (κ1) is 22.9. The van der Waals surface area contributed by atoms with E-state index in [9.17, 15) is 4.79 Å². The van der Waals surface area contributed by atoms with Crippen molar-refractivity contribution in [2.45, 2.75) is 12.6 Å². The second-order valence-corrected chi connectivity index (χ2v) is 7.75. The van der Waals surface area contributed by atoms with Crippen LogP contribution in [0, 0.1) is 0 Å². The average molecular weight is 458 g/mol. The molecule has 1 heterocycles. The van der Waals surface area contributed by atoms with Crippen LogP contribution in [0.2, 0.25) is 0 Å². The van der Waals surface area contributed by atoms with Crippen LogP contribution in [0.3, 0.4) is 0 Å². The monoisotopic (exact) mass is 457 g/mol. The number of rotatable bonds is 9. The number of aryl methyl sites for hydroxylation is 1. The lowest BCUT2D eigenvalue weighted by Crippen LogP contribution is -2.31. The molecule has 1 unspecified atom stereocenters. The smallest absolute Gasteiger partial charge is 0.252 e. The van der Waals surface area contributed by atoms with E-state index in [2.05, 4.69) is 10.3 Å². The summed E-state index contributed by atoms with van der Waals surface area (Å²) in [6.45, 7) is 0.422. The number of hydrogen-bond acceptors (Lipinski definition) is 5. The van der Waals surface area contributed by atoms with E-state index in [-0.39, 0.29) is 5.91 Å². The zero-order chi connectivity index (χ0) is 23.9. The fourth-order valence-electron chi connectivity index (χ4n) is 3.60. The van der Waals surface area contributed by atoms with Gasteiger partial charge in [-0.15, -0.1) is 0 Å². The summed E-state index contributed by atoms with van der Waals surface area (Å²) in [4.78, 5) is 17.7. The quantitative estimate of drug-likeness (QED) is 0.400. The number of aromatic nitrogens is 2. The second-order valence-electron chi connectivity index (χ2n) is 7.75. The van der Waals surface area contributed by atoms with E-state index < -0.39 is 6.04 Å². The van der Waals surface area contributed by atoms with E-state index in [4.69, 9.17) is 14.2 Å². The standard InChI is InChI=1S/C27H27N3O4/c1-30-14-13-28-26(30)25(21-15-23(32-2)17-24(16-21)33-3)29-27(31)20-11-9-19(10-12-20)18-34-22-7-5-4-6-8-22/h4-17,25H,18H2,1-3H3,(H,29,31). The molecule has 1 amide bonds. The molecule has 0 spiro atoms. The van der Waals surface area contributed by atoms with Crippen molar-refractivity contribution < 1.29 is 19.0 Å². The molecule has 4 aromatic rings. The third-order valence-electron chi connectivity index (χ3n) is 5.46. The summed E-state index contributed by atoms with van der Waals surface area (Å²) < 4.78 is 18.5. The lowest BCUT2D eigenvalue weighted by atomic mass is 10.0. The first-order valence-corrected chi connectivity index (χ1v) is 10.8. The van der Waals surface area contributed by atoms with Gasteiger partial charge in [0.25, 0.3) is 5.91 Å². The molecule has 0 saturated carbocycles. The van der Waals surface area contributed by atoms with Crippen LogP contribution < -0.4 is 19.5 Å². The number of ether oxygens (including phenoxy) is 3. The van der Waals surface area contributed by atoms with Crippen LogP contribution >= 0.6 is 0 Å². The highest BCUT2D eigenvalue weighted by Crippen LogP contribution is 2.29. The van der Waals surface area contributed by atoms with Crippen molar-refractivity contribution in [3.63, 3.8) is 0 Å². The number of amides is 1. The number of imidazole rings is 1. The normalized spacial score (nSPS) is 11.5. The number of nitrogens with zero attached hydrogens (tertiary/aromatic N) is 2. The van der Waals surface area contributed by atoms with Gasteiger partial charge in [-0.3, -0.25) is 4.79 Å². The minimum Gasteiger partial charge on any atom is -0.497 e. The van der Waals surface area contributed by atoms with E-state index in [1.54, 1.807) is 38.6 Å². The van der Waals surface area contributed by atoms with Crippen LogP contribution in [0.4, 0.5) is 0 Å². The lowest BCUT2D eigenvalue weighted by Gasteiger charge is -2.20. The Kier molecular flexibility index (Phi) is 7.13. The summed E-state index contributed by atoms with van der Waals surface area (Å²) in [6.07, 6.45) is 3.54. The maximum absolute atomic E-state index is 13.2. The second kappa shape index (κ2) is 10.6. The van der Waals surface area contributed by atoms with Gasteiger partial charge in [0.1, 0.15) is 35.7 Å². The third kappa shape index (κ3) is 5.38. The SMILES string of the molecule is COc1cc(OC)cc(C(NC(=O)c2ccc(COc3ccccc3)cc2)c2nccn2C)c1. The molecule has 1 N–H and O–H groups in total. The topological polar surface area (TPSA) is 74.6 Å². The van der Waals surface area contributed by atoms with Crippen molar-refractivity contribution in [1.29, 1.82) is 0 Å². The summed E-state index contributed by atoms with van der Waals surface area (Å²) >= 11 is 0. The molecular weight excluding hydrogens is 430 g/mol. The van der Waals surface area contributed by atoms with Crippen LogP contribution in [-0.4, -0.2) is 29.7 Å². The number of carbonyl (C=O) groups excluding carboxylic acids is 1. The molecule has 1 aromatic heterocycles. The highest BCUT2D eigenvalue weighted by Gasteiger charge is 2.23. The Morgan fingerprint density at radius 2 is 1.62 bits per heavy atom. The molecule has 0 bridgehead atoms. The van der Waals surface area contributed by atoms with Gasteiger partial charge < -0.3 is 24.1 Å². The minimum absolute atomic E-state index is 0.217. The number of methoxy groups -OCH3 is 2. The van der Waals surface area contributed by atoms with Gasteiger partial charge in [0.15, 0.2) is 0 Å². The van der Waals surface area contributed by atoms with Gasteiger partial charge in [0, 0.05) is 31.1 Å². The molecule has 0 aliphatic rings. The predicted molar refractivity (Wildman–Crippen MR) is 129 cm³/mol. The van der Waals surface area contributed by atoms with Gasteiger partial charge in [-0.2, -0.15) is 0 Å². The maximum atomic E-state index is 13.2. The van der Waals surface area contributed by atoms with Crippen LogP contribution in [0.1, 0.15) is 33.4 Å². The summed E-state index contributed by atoms with van der Waals surface area (Å²) in [5, 5.41) is 3.11. The van der Waals surface area contributed by atoms with E-state index in [1.165, 1.54) is 0 Å². The fourth-order valence-corrected chi connectivity index (χ4v) is 3.60. The number of hydrogen-bond donors (Lipinski definition) is 1. The Morgan fingerprint density at radius 3 is 2.21 bits per heavy atom. The average Bonchev–Trinajstić information content (AvgIpc) is 3.31. The Morgan fingerprint density at radius 1 is 0.941 bits per heavy atom. The maximum Gasteiger partial charge on any atom is 0.252 e. The van der Waals surface area contributed by atoms with Crippen molar-refractivity contribution in [2.75, 3.05) is 14.2 Å². The van der Waals surface area contributed by atoms with Crippen molar-refractivity contribution >= 4 is 5.91 Å². The molecular formula is C27H27N3O4. The van der Waals surface area contributed by atoms with Gasteiger partial charge in [0.05, 0.1) is 14.2 Å². The van der Waals surface area contributed by atoms with Gasteiger partial charge in [-0.1, -0.05) is 30.3 Å². The van der Waals surface area contributed by atoms with Crippen LogP contribution in [0.15, 0.2) is 85.2 Å². The number of benzene rings is 3. The largest absolute Gasteiger partial charge is 0.497 e. The number of carbonyl (C=O) groups is 1. The van der Waals surface area contributed by atoms with Gasteiger partial charge >= 0.3 is 0 Å². The summed E-state index contributed by atoms with van der Waals surface area (Å²) in [7, 11) is 5.08. The molecule has 0 aliphatic heterocycles. The number of para-hydroxylation sites is 1. The highest BCUT2D eigenvalue weighted by molar-refractivity contribution is 5.94. The molecule has 0 radical (unpaired) electrons. The van der Waals surface area contributed by atoms with Gasteiger partial charge in [-0.05, 0) is 47.5 Å². The van der Waals surface area contributed by atoms with E-state index in [1.807, 2.05) is 72.4 Å². The molecule has 0 saturated heterocycles. The summed E-state index contributed by atoms with van der Waals surface area (Å²) in [5.41, 5.74) is 2.31. The van der Waals surface area contributed by atoms with E-state index >= 15 is 0 Å². The first-order valence-electron chi connectivity index (χ1n) is 10.8. The lowest BCUT2D eigenvalue weighted by molar-refractivity contribution is 0.0941. The molecule has 1 atom stereocenters. The molecule has 0 aliphatic carbocycles. The van der Waals surface area contributed by atoms with Crippen LogP contribution in [0.5, 0.6) is 17.2 Å². The van der Waals surface area contributed by atoms with Gasteiger partial charge in [-0.25, -0.2) is 4.98 Å². The minimum atomic E-state index is -0.502. The molecule has 7 nitrogen and oxygen atoms in total. The summed E-state index contributed by atoms with van der Waals surface area (Å²) in [6, 6.07) is 22.0. The zero-order valence-electron chi connectivity index (χ0n) is 19.4. The molecule has 34 heavy (non-hydrogen) atoms. The first-order chi connectivity index (χ1) is 16.6. The Labute approximate surface area is 198 Å². The predicted octanol–water partition coefficient (Wildman–Crippen LogP) is 4.54. The Hall–Kier alpha value is -4.26. The van der Waals surface area contributed by atoms with Crippen molar-refractivity contribution in [3.8, 4) is 17.2 Å². The van der Waals surface area contributed by atoms with Crippen molar-refractivity contribution in [2.24, 2.45) is 7.05 Å². The third-order valence-corrected chi connectivity index (χ3v) is 5.46. The highest BCUT2D eigenvalue weighted by atomic mass is 16.5. The van der Waals surface area contributed by atoms with E-state index in [0.29, 0.717) is 29.5 Å². The summed E-state index contributed by atoms with van der Waals surface area (Å²) in [5.74, 6) is 2.54. The molecule has 174 valence electrons. The van der Waals surface area contributed by atoms with Crippen LogP contribution in [0.25, 0.3) is 0 Å². The van der Waals surface area contributed by atoms with Crippen LogP contribution in [-0.2, 0) is 13.7 Å². The number of nitrogens with one attached hydrogen (secondary N) is 1.